The number of hydrogen-bond donors (Lipinski definition) is 2. The zero-order valence-electron chi connectivity index (χ0n) is 12.4. The molecule has 116 valence electrons. The SMILES string of the molecule is Nc1nc(Cl)cc(Nc2ccc(N3CCCCCC3)cc2)n1. The van der Waals surface area contributed by atoms with E-state index in [0.29, 0.717) is 11.0 Å². The van der Waals surface area contributed by atoms with E-state index in [2.05, 4.69) is 32.3 Å². The molecule has 0 amide bonds. The maximum atomic E-state index is 5.88. The fourth-order valence-corrected chi connectivity index (χ4v) is 2.92. The second-order valence-electron chi connectivity index (χ2n) is 5.51. The number of aromatic nitrogens is 2. The zero-order chi connectivity index (χ0) is 15.4. The van der Waals surface area contributed by atoms with Crippen molar-refractivity contribution in [1.82, 2.24) is 9.97 Å². The van der Waals surface area contributed by atoms with Crippen LogP contribution in [0.5, 0.6) is 0 Å². The lowest BCUT2D eigenvalue weighted by atomic mass is 10.2. The summed E-state index contributed by atoms with van der Waals surface area (Å²) in [5, 5.41) is 3.52. The maximum Gasteiger partial charge on any atom is 0.223 e. The Morgan fingerprint density at radius 2 is 1.68 bits per heavy atom. The predicted molar refractivity (Wildman–Crippen MR) is 91.9 cm³/mol. The van der Waals surface area contributed by atoms with E-state index in [-0.39, 0.29) is 5.95 Å². The molecule has 2 aromatic rings. The van der Waals surface area contributed by atoms with Crippen LogP contribution in [0.25, 0.3) is 0 Å². The summed E-state index contributed by atoms with van der Waals surface area (Å²) in [5.74, 6) is 0.760. The molecule has 0 bridgehead atoms. The van der Waals surface area contributed by atoms with Gasteiger partial charge in [-0.15, -0.1) is 0 Å². The number of nitrogens with two attached hydrogens (primary N) is 1. The lowest BCUT2D eigenvalue weighted by Crippen LogP contribution is -2.23. The summed E-state index contributed by atoms with van der Waals surface area (Å²) in [6.45, 7) is 2.29. The molecule has 1 aromatic carbocycles. The molecular formula is C16H20ClN5. The predicted octanol–water partition coefficient (Wildman–Crippen LogP) is 3.84. The van der Waals surface area contributed by atoms with Gasteiger partial charge in [0.05, 0.1) is 0 Å². The Balaban J connectivity index is 1.70. The quantitative estimate of drug-likeness (QED) is 0.842. The first-order valence-corrected chi connectivity index (χ1v) is 8.00. The molecule has 1 aromatic heterocycles. The van der Waals surface area contributed by atoms with Crippen LogP contribution in [-0.4, -0.2) is 23.1 Å². The van der Waals surface area contributed by atoms with E-state index in [1.54, 1.807) is 6.07 Å². The molecule has 0 unspecified atom stereocenters. The van der Waals surface area contributed by atoms with E-state index in [1.807, 2.05) is 12.1 Å². The van der Waals surface area contributed by atoms with Gasteiger partial charge in [-0.25, -0.2) is 4.98 Å². The van der Waals surface area contributed by atoms with Gasteiger partial charge in [-0.2, -0.15) is 4.98 Å². The molecule has 0 radical (unpaired) electrons. The molecule has 1 saturated heterocycles. The number of benzene rings is 1. The summed E-state index contributed by atoms with van der Waals surface area (Å²) < 4.78 is 0. The van der Waals surface area contributed by atoms with Crippen LogP contribution in [-0.2, 0) is 0 Å². The first-order chi connectivity index (χ1) is 10.7. The number of nitrogen functional groups attached to an aromatic ring is 1. The van der Waals surface area contributed by atoms with Gasteiger partial charge in [0.1, 0.15) is 11.0 Å². The van der Waals surface area contributed by atoms with Crippen LogP contribution in [0.4, 0.5) is 23.1 Å². The van der Waals surface area contributed by atoms with Gasteiger partial charge in [-0.3, -0.25) is 0 Å². The van der Waals surface area contributed by atoms with E-state index in [4.69, 9.17) is 17.3 Å². The van der Waals surface area contributed by atoms with Crippen molar-refractivity contribution < 1.29 is 0 Å². The van der Waals surface area contributed by atoms with Crippen LogP contribution in [0, 0.1) is 0 Å². The Bertz CT molecular complexity index is 601. The molecule has 1 fully saturated rings. The monoisotopic (exact) mass is 317 g/mol. The first-order valence-electron chi connectivity index (χ1n) is 7.63. The minimum absolute atomic E-state index is 0.163. The number of nitrogens with zero attached hydrogens (tertiary/aromatic N) is 3. The molecule has 6 heteroatoms. The third kappa shape index (κ3) is 3.80. The molecule has 0 atom stereocenters. The molecule has 0 saturated carbocycles. The van der Waals surface area contributed by atoms with Crippen LogP contribution in [0.2, 0.25) is 5.15 Å². The van der Waals surface area contributed by atoms with Gasteiger partial charge in [-0.05, 0) is 37.1 Å². The highest BCUT2D eigenvalue weighted by molar-refractivity contribution is 6.29. The van der Waals surface area contributed by atoms with Gasteiger partial charge < -0.3 is 16.0 Å². The lowest BCUT2D eigenvalue weighted by molar-refractivity contribution is 0.726. The average Bonchev–Trinajstić information content (AvgIpc) is 2.76. The number of halogens is 1. The van der Waals surface area contributed by atoms with E-state index < -0.39 is 0 Å². The summed E-state index contributed by atoms with van der Waals surface area (Å²) in [6, 6.07) is 10.0. The summed E-state index contributed by atoms with van der Waals surface area (Å²) in [5.41, 5.74) is 7.82. The van der Waals surface area contributed by atoms with Crippen LogP contribution < -0.4 is 16.0 Å². The third-order valence-corrected chi connectivity index (χ3v) is 4.02. The summed E-state index contributed by atoms with van der Waals surface area (Å²) >= 11 is 5.88. The average molecular weight is 318 g/mol. The van der Waals surface area contributed by atoms with Crippen molar-refractivity contribution in [3.63, 3.8) is 0 Å². The molecule has 1 aliphatic rings. The summed E-state index contributed by atoms with van der Waals surface area (Å²) in [7, 11) is 0. The van der Waals surface area contributed by atoms with Crippen molar-refractivity contribution in [2.45, 2.75) is 25.7 Å². The van der Waals surface area contributed by atoms with Gasteiger partial charge in [0.15, 0.2) is 0 Å². The molecular weight excluding hydrogens is 298 g/mol. The second kappa shape index (κ2) is 6.83. The normalized spacial score (nSPS) is 15.4. The Hall–Kier alpha value is -2.01. The van der Waals surface area contributed by atoms with E-state index >= 15 is 0 Å². The van der Waals surface area contributed by atoms with Crippen LogP contribution in [0.15, 0.2) is 30.3 Å². The molecule has 1 aliphatic heterocycles. The van der Waals surface area contributed by atoms with Crippen LogP contribution in [0.3, 0.4) is 0 Å². The van der Waals surface area contributed by atoms with Gasteiger partial charge >= 0.3 is 0 Å². The van der Waals surface area contributed by atoms with Crippen molar-refractivity contribution in [2.75, 3.05) is 29.0 Å². The fraction of sp³-hybridized carbons (Fsp3) is 0.375. The van der Waals surface area contributed by atoms with E-state index in [9.17, 15) is 0 Å². The Kier molecular flexibility index (Phi) is 4.63. The molecule has 0 aliphatic carbocycles. The molecule has 22 heavy (non-hydrogen) atoms. The fourth-order valence-electron chi connectivity index (χ4n) is 2.73. The van der Waals surface area contributed by atoms with Crippen molar-refractivity contribution >= 4 is 34.7 Å². The largest absolute Gasteiger partial charge is 0.372 e. The highest BCUT2D eigenvalue weighted by Crippen LogP contribution is 2.23. The van der Waals surface area contributed by atoms with E-state index in [1.165, 1.54) is 31.4 Å². The van der Waals surface area contributed by atoms with Crippen molar-refractivity contribution in [3.8, 4) is 0 Å². The first kappa shape index (κ1) is 14.9. The highest BCUT2D eigenvalue weighted by atomic mass is 35.5. The summed E-state index contributed by atoms with van der Waals surface area (Å²) in [4.78, 5) is 10.4. The minimum Gasteiger partial charge on any atom is -0.372 e. The number of hydrogen-bond acceptors (Lipinski definition) is 5. The lowest BCUT2D eigenvalue weighted by Gasteiger charge is -2.22. The van der Waals surface area contributed by atoms with Crippen molar-refractivity contribution in [1.29, 1.82) is 0 Å². The molecule has 0 spiro atoms. The molecule has 3 rings (SSSR count). The zero-order valence-corrected chi connectivity index (χ0v) is 13.2. The number of nitrogens with one attached hydrogen (secondary N) is 1. The van der Waals surface area contributed by atoms with Crippen LogP contribution in [0.1, 0.15) is 25.7 Å². The van der Waals surface area contributed by atoms with Crippen LogP contribution >= 0.6 is 11.6 Å². The third-order valence-electron chi connectivity index (χ3n) is 3.82. The Labute approximate surface area is 135 Å². The van der Waals surface area contributed by atoms with Gasteiger partial charge in [-0.1, -0.05) is 24.4 Å². The second-order valence-corrected chi connectivity index (χ2v) is 5.89. The van der Waals surface area contributed by atoms with Gasteiger partial charge in [0.2, 0.25) is 5.95 Å². The van der Waals surface area contributed by atoms with Gasteiger partial charge in [0.25, 0.3) is 0 Å². The standard InChI is InChI=1S/C16H20ClN5/c17-14-11-15(21-16(18)20-14)19-12-5-7-13(8-6-12)22-9-3-1-2-4-10-22/h5-8,11H,1-4,9-10H2,(H3,18,19,20,21). The molecule has 3 N–H and O–H groups in total. The maximum absolute atomic E-state index is 5.88. The molecule has 5 nitrogen and oxygen atoms in total. The van der Waals surface area contributed by atoms with Crippen molar-refractivity contribution in [2.24, 2.45) is 0 Å². The number of rotatable bonds is 3. The van der Waals surface area contributed by atoms with Gasteiger partial charge in [0, 0.05) is 30.5 Å². The Morgan fingerprint density at radius 1 is 1.00 bits per heavy atom. The van der Waals surface area contributed by atoms with E-state index in [0.717, 1.165) is 18.8 Å². The topological polar surface area (TPSA) is 67.1 Å². The minimum atomic E-state index is 0.163. The number of anilines is 4. The smallest absolute Gasteiger partial charge is 0.223 e. The highest BCUT2D eigenvalue weighted by Gasteiger charge is 2.09. The van der Waals surface area contributed by atoms with Crippen molar-refractivity contribution in [3.05, 3.63) is 35.5 Å². The summed E-state index contributed by atoms with van der Waals surface area (Å²) in [6.07, 6.45) is 5.23. The molecule has 2 heterocycles. The Morgan fingerprint density at radius 3 is 2.32 bits per heavy atom.